The maximum atomic E-state index is 12.6. The van der Waals surface area contributed by atoms with Gasteiger partial charge in [0.2, 0.25) is 0 Å². The van der Waals surface area contributed by atoms with E-state index < -0.39 is 0 Å². The molecule has 21 heavy (non-hydrogen) atoms. The van der Waals surface area contributed by atoms with Gasteiger partial charge in [0.1, 0.15) is 5.69 Å². The van der Waals surface area contributed by atoms with Gasteiger partial charge in [0.05, 0.1) is 12.0 Å². The van der Waals surface area contributed by atoms with Crippen molar-refractivity contribution in [1.29, 1.82) is 5.26 Å². The van der Waals surface area contributed by atoms with Crippen LogP contribution in [0.5, 0.6) is 0 Å². The van der Waals surface area contributed by atoms with Crippen LogP contribution in [-0.2, 0) is 6.42 Å². The normalized spacial score (nSPS) is 15.2. The van der Waals surface area contributed by atoms with Gasteiger partial charge in [-0.3, -0.25) is 9.59 Å². The number of nitrogens with one attached hydrogen (secondary N) is 1. The molecule has 0 bridgehead atoms. The fourth-order valence-electron chi connectivity index (χ4n) is 2.87. The van der Waals surface area contributed by atoms with Crippen LogP contribution in [0.3, 0.4) is 0 Å². The molecule has 1 N–H and O–H groups in total. The summed E-state index contributed by atoms with van der Waals surface area (Å²) in [6.07, 6.45) is 2.21. The summed E-state index contributed by atoms with van der Waals surface area (Å²) < 4.78 is 0. The number of hydrogen-bond acceptors (Lipinski definition) is 3. The fourth-order valence-corrected chi connectivity index (χ4v) is 2.87. The molecule has 0 saturated heterocycles. The fraction of sp³-hybridized carbons (Fsp3) is 0.562. The second-order valence-electron chi connectivity index (χ2n) is 5.63. The molecule has 1 heterocycles. The van der Waals surface area contributed by atoms with Crippen molar-refractivity contribution < 1.29 is 9.59 Å². The quantitative estimate of drug-likeness (QED) is 0.924. The smallest absolute Gasteiger partial charge is 0.270 e. The molecule has 0 aromatic carbocycles. The molecule has 0 aliphatic heterocycles. The average Bonchev–Trinajstić information content (AvgIpc) is 2.82. The summed E-state index contributed by atoms with van der Waals surface area (Å²) >= 11 is 0. The Hall–Kier alpha value is -2.09. The van der Waals surface area contributed by atoms with Crippen molar-refractivity contribution >= 4 is 11.7 Å². The van der Waals surface area contributed by atoms with Gasteiger partial charge in [-0.1, -0.05) is 0 Å². The molecule has 0 radical (unpaired) electrons. The first-order chi connectivity index (χ1) is 9.99. The van der Waals surface area contributed by atoms with Crippen LogP contribution in [0, 0.1) is 24.2 Å². The summed E-state index contributed by atoms with van der Waals surface area (Å²) in [6, 6.07) is 2.15. The van der Waals surface area contributed by atoms with Gasteiger partial charge < -0.3 is 9.88 Å². The standard InChI is InChI=1S/C16H21N3O2/c1-4-19(9-10(2)8-17)16(21)15-11(3)14-12(18-15)6-5-7-13(14)20/h10,18H,4-7,9H2,1-3H3. The Bertz CT molecular complexity index is 610. The van der Waals surface area contributed by atoms with Crippen LogP contribution in [0.1, 0.15) is 58.8 Å². The zero-order valence-corrected chi connectivity index (χ0v) is 12.8. The number of aromatic amines is 1. The number of H-pyrrole nitrogens is 1. The van der Waals surface area contributed by atoms with E-state index >= 15 is 0 Å². The molecule has 0 fully saturated rings. The number of carbonyl (C=O) groups is 2. The van der Waals surface area contributed by atoms with Crippen molar-refractivity contribution in [1.82, 2.24) is 9.88 Å². The van der Waals surface area contributed by atoms with E-state index in [4.69, 9.17) is 5.26 Å². The van der Waals surface area contributed by atoms with E-state index in [0.717, 1.165) is 24.1 Å². The van der Waals surface area contributed by atoms with E-state index in [1.807, 2.05) is 13.8 Å². The number of aryl methyl sites for hydroxylation is 1. The third kappa shape index (κ3) is 2.85. The highest BCUT2D eigenvalue weighted by Gasteiger charge is 2.28. The molecule has 1 unspecified atom stereocenters. The summed E-state index contributed by atoms with van der Waals surface area (Å²) in [4.78, 5) is 29.5. The average molecular weight is 287 g/mol. The van der Waals surface area contributed by atoms with Crippen LogP contribution >= 0.6 is 0 Å². The van der Waals surface area contributed by atoms with E-state index in [1.54, 1.807) is 11.8 Å². The van der Waals surface area contributed by atoms with E-state index in [9.17, 15) is 9.59 Å². The minimum Gasteiger partial charge on any atom is -0.354 e. The van der Waals surface area contributed by atoms with Crippen LogP contribution in [-0.4, -0.2) is 34.7 Å². The zero-order chi connectivity index (χ0) is 15.6. The highest BCUT2D eigenvalue weighted by molar-refractivity contribution is 6.04. The molecule has 0 spiro atoms. The lowest BCUT2D eigenvalue weighted by atomic mass is 9.93. The Morgan fingerprint density at radius 3 is 2.76 bits per heavy atom. The lowest BCUT2D eigenvalue weighted by Gasteiger charge is -2.21. The number of amides is 1. The number of fused-ring (bicyclic) bond motifs is 1. The molecule has 5 nitrogen and oxygen atoms in total. The number of Topliss-reactive ketones (excluding diaryl/α,β-unsaturated/α-hetero) is 1. The molecule has 1 aromatic rings. The molecule has 1 aliphatic carbocycles. The minimum absolute atomic E-state index is 0.123. The molecule has 1 aromatic heterocycles. The van der Waals surface area contributed by atoms with Crippen LogP contribution < -0.4 is 0 Å². The molecule has 2 rings (SSSR count). The van der Waals surface area contributed by atoms with Crippen molar-refractivity contribution in [3.05, 3.63) is 22.5 Å². The molecule has 112 valence electrons. The second-order valence-corrected chi connectivity index (χ2v) is 5.63. The zero-order valence-electron chi connectivity index (χ0n) is 12.8. The lowest BCUT2D eigenvalue weighted by molar-refractivity contribution is 0.0746. The van der Waals surface area contributed by atoms with Gasteiger partial charge in [-0.15, -0.1) is 0 Å². The monoisotopic (exact) mass is 287 g/mol. The Labute approximate surface area is 124 Å². The Morgan fingerprint density at radius 2 is 2.19 bits per heavy atom. The molecule has 0 saturated carbocycles. The first-order valence-electron chi connectivity index (χ1n) is 7.43. The molecule has 1 amide bonds. The van der Waals surface area contributed by atoms with Crippen molar-refractivity contribution in [3.8, 4) is 6.07 Å². The number of rotatable bonds is 4. The molecule has 5 heteroatoms. The van der Waals surface area contributed by atoms with Crippen molar-refractivity contribution in [2.45, 2.75) is 40.0 Å². The highest BCUT2D eigenvalue weighted by atomic mass is 16.2. The summed E-state index contributed by atoms with van der Waals surface area (Å²) in [6.45, 7) is 6.47. The first-order valence-corrected chi connectivity index (χ1v) is 7.43. The first kappa shape index (κ1) is 15.3. The van der Waals surface area contributed by atoms with Crippen molar-refractivity contribution in [2.75, 3.05) is 13.1 Å². The molecule has 1 aliphatic rings. The summed E-state index contributed by atoms with van der Waals surface area (Å²) in [5.74, 6) is -0.211. The topological polar surface area (TPSA) is 77.0 Å². The van der Waals surface area contributed by atoms with Gasteiger partial charge in [-0.2, -0.15) is 5.26 Å². The number of aromatic nitrogens is 1. The number of nitrogens with zero attached hydrogens (tertiary/aromatic N) is 2. The van der Waals surface area contributed by atoms with Gasteiger partial charge in [0.15, 0.2) is 5.78 Å². The van der Waals surface area contributed by atoms with Gasteiger partial charge in [-0.25, -0.2) is 0 Å². The number of hydrogen-bond donors (Lipinski definition) is 1. The predicted octanol–water partition coefficient (Wildman–Crippen LogP) is 2.46. The SMILES string of the molecule is CCN(CC(C)C#N)C(=O)c1[nH]c2c(c1C)C(=O)CCC2. The lowest BCUT2D eigenvalue weighted by Crippen LogP contribution is -2.35. The van der Waals surface area contributed by atoms with Crippen LogP contribution in [0.25, 0.3) is 0 Å². The van der Waals surface area contributed by atoms with E-state index in [1.165, 1.54) is 0 Å². The van der Waals surface area contributed by atoms with Crippen LogP contribution in [0.2, 0.25) is 0 Å². The highest BCUT2D eigenvalue weighted by Crippen LogP contribution is 2.27. The van der Waals surface area contributed by atoms with Gasteiger partial charge in [0, 0.05) is 30.8 Å². The number of nitriles is 1. The summed E-state index contributed by atoms with van der Waals surface area (Å²) in [7, 11) is 0. The largest absolute Gasteiger partial charge is 0.354 e. The van der Waals surface area contributed by atoms with E-state index in [2.05, 4.69) is 11.1 Å². The molecular formula is C16H21N3O2. The van der Waals surface area contributed by atoms with E-state index in [-0.39, 0.29) is 17.6 Å². The van der Waals surface area contributed by atoms with Gasteiger partial charge >= 0.3 is 0 Å². The maximum Gasteiger partial charge on any atom is 0.270 e. The second kappa shape index (κ2) is 6.13. The third-order valence-electron chi connectivity index (χ3n) is 4.03. The van der Waals surface area contributed by atoms with E-state index in [0.29, 0.717) is 30.8 Å². The Morgan fingerprint density at radius 1 is 1.48 bits per heavy atom. The summed E-state index contributed by atoms with van der Waals surface area (Å²) in [5.41, 5.74) is 2.84. The number of carbonyl (C=O) groups excluding carboxylic acids is 2. The van der Waals surface area contributed by atoms with Crippen molar-refractivity contribution in [3.63, 3.8) is 0 Å². The van der Waals surface area contributed by atoms with Crippen molar-refractivity contribution in [2.24, 2.45) is 5.92 Å². The van der Waals surface area contributed by atoms with Crippen LogP contribution in [0.15, 0.2) is 0 Å². The van der Waals surface area contributed by atoms with Gasteiger partial charge in [0.25, 0.3) is 5.91 Å². The predicted molar refractivity (Wildman–Crippen MR) is 79.2 cm³/mol. The maximum absolute atomic E-state index is 12.6. The Kier molecular flexibility index (Phi) is 4.46. The van der Waals surface area contributed by atoms with Gasteiger partial charge in [-0.05, 0) is 39.2 Å². The Balaban J connectivity index is 2.31. The van der Waals surface area contributed by atoms with Crippen LogP contribution in [0.4, 0.5) is 0 Å². The number of ketones is 1. The molecular weight excluding hydrogens is 266 g/mol. The molecule has 1 atom stereocenters. The minimum atomic E-state index is -0.208. The summed E-state index contributed by atoms with van der Waals surface area (Å²) in [5, 5.41) is 8.91. The third-order valence-corrected chi connectivity index (χ3v) is 4.03.